The van der Waals surface area contributed by atoms with Gasteiger partial charge in [0.2, 0.25) is 0 Å². The third-order valence-corrected chi connectivity index (χ3v) is 1.03. The number of aldehydes is 1. The van der Waals surface area contributed by atoms with Crippen LogP contribution in [0.4, 0.5) is 0 Å². The predicted octanol–water partition coefficient (Wildman–Crippen LogP) is 1.34. The molecule has 0 bridgehead atoms. The summed E-state index contributed by atoms with van der Waals surface area (Å²) in [6.07, 6.45) is 4.79. The van der Waals surface area contributed by atoms with Gasteiger partial charge in [0.1, 0.15) is 6.29 Å². The fraction of sp³-hybridized carbons (Fsp3) is 0.857. The van der Waals surface area contributed by atoms with Gasteiger partial charge in [-0.15, -0.1) is 0 Å². The van der Waals surface area contributed by atoms with Crippen LogP contribution in [0, 0.1) is 0 Å². The highest BCUT2D eigenvalue weighted by atomic mass is 16.1. The van der Waals surface area contributed by atoms with Gasteiger partial charge >= 0.3 is 0 Å². The van der Waals surface area contributed by atoms with Gasteiger partial charge in [0.15, 0.2) is 0 Å². The van der Waals surface area contributed by atoms with Gasteiger partial charge in [0, 0.05) is 6.42 Å². The fourth-order valence-corrected chi connectivity index (χ4v) is 0.549. The SMILES string of the molecule is C.NCCCCCC=O. The van der Waals surface area contributed by atoms with Crippen molar-refractivity contribution in [1.82, 2.24) is 0 Å². The van der Waals surface area contributed by atoms with Crippen LogP contribution in [-0.2, 0) is 4.79 Å². The lowest BCUT2D eigenvalue weighted by Gasteiger charge is -1.90. The Kier molecular flexibility index (Phi) is 13.4. The highest BCUT2D eigenvalue weighted by Crippen LogP contribution is 1.94. The molecule has 0 atom stereocenters. The highest BCUT2D eigenvalue weighted by Gasteiger charge is 1.83. The minimum atomic E-state index is 0. The lowest BCUT2D eigenvalue weighted by molar-refractivity contribution is -0.107. The van der Waals surface area contributed by atoms with Gasteiger partial charge in [-0.25, -0.2) is 0 Å². The van der Waals surface area contributed by atoms with Crippen molar-refractivity contribution in [2.24, 2.45) is 5.73 Å². The molecule has 2 N–H and O–H groups in total. The highest BCUT2D eigenvalue weighted by molar-refractivity contribution is 5.48. The minimum Gasteiger partial charge on any atom is -0.330 e. The molecule has 0 aliphatic heterocycles. The van der Waals surface area contributed by atoms with Crippen molar-refractivity contribution in [3.63, 3.8) is 0 Å². The molecule has 0 saturated heterocycles. The molecule has 0 unspecified atom stereocenters. The van der Waals surface area contributed by atoms with Crippen molar-refractivity contribution in [2.75, 3.05) is 6.54 Å². The number of rotatable bonds is 5. The molecule has 0 aromatic carbocycles. The molecule has 9 heavy (non-hydrogen) atoms. The van der Waals surface area contributed by atoms with Crippen molar-refractivity contribution in [1.29, 1.82) is 0 Å². The molecule has 56 valence electrons. The summed E-state index contributed by atoms with van der Waals surface area (Å²) < 4.78 is 0. The molecular formula is C7H17NO. The van der Waals surface area contributed by atoms with Crippen molar-refractivity contribution < 1.29 is 4.79 Å². The van der Waals surface area contributed by atoms with E-state index in [9.17, 15) is 4.79 Å². The molecular weight excluding hydrogens is 114 g/mol. The van der Waals surface area contributed by atoms with Crippen LogP contribution in [-0.4, -0.2) is 12.8 Å². The van der Waals surface area contributed by atoms with Gasteiger partial charge in [-0.05, 0) is 19.4 Å². The monoisotopic (exact) mass is 131 g/mol. The lowest BCUT2D eigenvalue weighted by atomic mass is 10.2. The van der Waals surface area contributed by atoms with E-state index in [-0.39, 0.29) is 7.43 Å². The molecule has 2 heteroatoms. The Hall–Kier alpha value is -0.370. The fourth-order valence-electron chi connectivity index (χ4n) is 0.549. The summed E-state index contributed by atoms with van der Waals surface area (Å²) in [6, 6.07) is 0. The lowest BCUT2D eigenvalue weighted by Crippen LogP contribution is -1.97. The average Bonchev–Trinajstić information content (AvgIpc) is 1.81. The van der Waals surface area contributed by atoms with Gasteiger partial charge in [0.05, 0.1) is 0 Å². The second-order valence-corrected chi connectivity index (χ2v) is 1.80. The molecule has 0 radical (unpaired) electrons. The summed E-state index contributed by atoms with van der Waals surface area (Å²) in [5, 5.41) is 0. The molecule has 0 aromatic rings. The molecule has 0 aromatic heterocycles. The van der Waals surface area contributed by atoms with Gasteiger partial charge in [-0.1, -0.05) is 13.8 Å². The minimum absolute atomic E-state index is 0. The van der Waals surface area contributed by atoms with Crippen LogP contribution in [0.3, 0.4) is 0 Å². The number of nitrogens with two attached hydrogens (primary N) is 1. The van der Waals surface area contributed by atoms with E-state index in [0.717, 1.165) is 32.1 Å². The summed E-state index contributed by atoms with van der Waals surface area (Å²) in [7, 11) is 0. The second-order valence-electron chi connectivity index (χ2n) is 1.80. The smallest absolute Gasteiger partial charge is 0.119 e. The Morgan fingerprint density at radius 2 is 1.89 bits per heavy atom. The number of carbonyl (C=O) groups is 1. The van der Waals surface area contributed by atoms with E-state index in [1.54, 1.807) is 0 Å². The zero-order chi connectivity index (χ0) is 6.24. The van der Waals surface area contributed by atoms with Crippen LogP contribution in [0.1, 0.15) is 33.1 Å². The van der Waals surface area contributed by atoms with Crippen LogP contribution in [0.15, 0.2) is 0 Å². The molecule has 0 heterocycles. The second kappa shape index (κ2) is 10.6. The maximum Gasteiger partial charge on any atom is 0.119 e. The molecule has 2 nitrogen and oxygen atoms in total. The predicted molar refractivity (Wildman–Crippen MR) is 40.3 cm³/mol. The Morgan fingerprint density at radius 3 is 2.33 bits per heavy atom. The molecule has 0 rings (SSSR count). The molecule has 0 aliphatic carbocycles. The first-order valence-corrected chi connectivity index (χ1v) is 3.05. The number of hydrogen-bond acceptors (Lipinski definition) is 2. The third kappa shape index (κ3) is 11.3. The first-order chi connectivity index (χ1) is 3.91. The summed E-state index contributed by atoms with van der Waals surface area (Å²) in [4.78, 5) is 9.74. The number of unbranched alkanes of at least 4 members (excludes halogenated alkanes) is 3. The van der Waals surface area contributed by atoms with Gasteiger partial charge in [-0.2, -0.15) is 0 Å². The van der Waals surface area contributed by atoms with Crippen LogP contribution >= 0.6 is 0 Å². The van der Waals surface area contributed by atoms with E-state index in [1.165, 1.54) is 0 Å². The summed E-state index contributed by atoms with van der Waals surface area (Å²) in [5.41, 5.74) is 5.22. The van der Waals surface area contributed by atoms with E-state index in [2.05, 4.69) is 0 Å². The average molecular weight is 131 g/mol. The first kappa shape index (κ1) is 11.4. The molecule has 0 saturated carbocycles. The standard InChI is InChI=1S/C6H13NO.CH4/c7-5-3-1-2-4-6-8;/h6H,1-5,7H2;1H4. The van der Waals surface area contributed by atoms with Gasteiger partial charge in [-0.3, -0.25) is 0 Å². The topological polar surface area (TPSA) is 43.1 Å². The van der Waals surface area contributed by atoms with E-state index >= 15 is 0 Å². The number of hydrogen-bond donors (Lipinski definition) is 1. The molecule has 0 amide bonds. The Morgan fingerprint density at radius 1 is 1.22 bits per heavy atom. The maximum absolute atomic E-state index is 9.74. The number of carbonyl (C=O) groups excluding carboxylic acids is 1. The van der Waals surface area contributed by atoms with Crippen LogP contribution in [0.5, 0.6) is 0 Å². The van der Waals surface area contributed by atoms with Crippen LogP contribution in [0.2, 0.25) is 0 Å². The van der Waals surface area contributed by atoms with Crippen molar-refractivity contribution in [3.05, 3.63) is 0 Å². The van der Waals surface area contributed by atoms with E-state index in [1.807, 2.05) is 0 Å². The zero-order valence-electron chi connectivity index (χ0n) is 5.10. The molecule has 0 spiro atoms. The Labute approximate surface area is 57.4 Å². The third-order valence-electron chi connectivity index (χ3n) is 1.03. The van der Waals surface area contributed by atoms with Crippen LogP contribution < -0.4 is 5.73 Å². The largest absolute Gasteiger partial charge is 0.330 e. The van der Waals surface area contributed by atoms with E-state index in [0.29, 0.717) is 6.42 Å². The molecule has 0 aliphatic rings. The van der Waals surface area contributed by atoms with Gasteiger partial charge < -0.3 is 10.5 Å². The summed E-state index contributed by atoms with van der Waals surface area (Å²) >= 11 is 0. The van der Waals surface area contributed by atoms with E-state index in [4.69, 9.17) is 5.73 Å². The Bertz CT molecular complexity index is 54.9. The van der Waals surface area contributed by atoms with Crippen LogP contribution in [0.25, 0.3) is 0 Å². The summed E-state index contributed by atoms with van der Waals surface area (Å²) in [6.45, 7) is 0.749. The quantitative estimate of drug-likeness (QED) is 0.452. The Balaban J connectivity index is 0. The maximum atomic E-state index is 9.74. The van der Waals surface area contributed by atoms with Crippen molar-refractivity contribution >= 4 is 6.29 Å². The van der Waals surface area contributed by atoms with Crippen molar-refractivity contribution in [3.8, 4) is 0 Å². The normalized spacial score (nSPS) is 8.11. The van der Waals surface area contributed by atoms with E-state index < -0.39 is 0 Å². The summed E-state index contributed by atoms with van der Waals surface area (Å²) in [5.74, 6) is 0. The van der Waals surface area contributed by atoms with Gasteiger partial charge in [0.25, 0.3) is 0 Å². The molecule has 0 fully saturated rings. The first-order valence-electron chi connectivity index (χ1n) is 3.05. The zero-order valence-corrected chi connectivity index (χ0v) is 5.10. The van der Waals surface area contributed by atoms with Crippen molar-refractivity contribution in [2.45, 2.75) is 33.1 Å².